The van der Waals surface area contributed by atoms with Crippen LogP contribution < -0.4 is 5.32 Å². The van der Waals surface area contributed by atoms with Crippen molar-refractivity contribution < 1.29 is 0 Å². The minimum atomic E-state index is 0.480. The number of hydrogen-bond acceptors (Lipinski definition) is 3. The van der Waals surface area contributed by atoms with E-state index in [-0.39, 0.29) is 0 Å². The standard InChI is InChI=1S/C16H22N2S/c1-3-9-18-15(16-13(2)8-12-19-16)5-4-14-6-10-17-11-7-14/h6-8,10-12,15,18H,3-5,9H2,1-2H3. The van der Waals surface area contributed by atoms with Gasteiger partial charge >= 0.3 is 0 Å². The van der Waals surface area contributed by atoms with Crippen molar-refractivity contribution in [1.82, 2.24) is 10.3 Å². The van der Waals surface area contributed by atoms with E-state index in [0.29, 0.717) is 6.04 Å². The first-order chi connectivity index (χ1) is 9.31. The molecule has 19 heavy (non-hydrogen) atoms. The Morgan fingerprint density at radius 3 is 2.68 bits per heavy atom. The quantitative estimate of drug-likeness (QED) is 0.821. The second-order valence-corrected chi connectivity index (χ2v) is 5.82. The van der Waals surface area contributed by atoms with Gasteiger partial charge in [0, 0.05) is 23.3 Å². The van der Waals surface area contributed by atoms with Crippen LogP contribution in [0.4, 0.5) is 0 Å². The predicted molar refractivity (Wildman–Crippen MR) is 82.6 cm³/mol. The molecule has 2 rings (SSSR count). The number of pyridine rings is 1. The predicted octanol–water partition coefficient (Wildman–Crippen LogP) is 4.13. The molecule has 0 fully saturated rings. The summed E-state index contributed by atoms with van der Waals surface area (Å²) in [5.74, 6) is 0. The average molecular weight is 274 g/mol. The van der Waals surface area contributed by atoms with Crippen molar-refractivity contribution in [3.63, 3.8) is 0 Å². The summed E-state index contributed by atoms with van der Waals surface area (Å²) in [7, 11) is 0. The Hall–Kier alpha value is -1.19. The molecule has 0 aliphatic rings. The fourth-order valence-corrected chi connectivity index (χ4v) is 3.28. The van der Waals surface area contributed by atoms with Crippen molar-refractivity contribution in [2.24, 2.45) is 0 Å². The Morgan fingerprint density at radius 1 is 1.26 bits per heavy atom. The molecular weight excluding hydrogens is 252 g/mol. The zero-order chi connectivity index (χ0) is 13.5. The lowest BCUT2D eigenvalue weighted by Crippen LogP contribution is -2.22. The SMILES string of the molecule is CCCNC(CCc1ccncc1)c1sccc1C. The molecule has 0 bridgehead atoms. The van der Waals surface area contributed by atoms with E-state index < -0.39 is 0 Å². The zero-order valence-corrected chi connectivity index (χ0v) is 12.5. The van der Waals surface area contributed by atoms with E-state index in [2.05, 4.69) is 47.7 Å². The van der Waals surface area contributed by atoms with Crippen molar-refractivity contribution in [3.05, 3.63) is 52.0 Å². The maximum Gasteiger partial charge on any atom is 0.0420 e. The summed E-state index contributed by atoms with van der Waals surface area (Å²) in [5, 5.41) is 5.87. The largest absolute Gasteiger partial charge is 0.309 e. The Morgan fingerprint density at radius 2 is 2.05 bits per heavy atom. The summed E-state index contributed by atoms with van der Waals surface area (Å²) in [6, 6.07) is 6.91. The number of rotatable bonds is 7. The molecule has 0 aliphatic carbocycles. The third-order valence-electron chi connectivity index (χ3n) is 3.33. The molecule has 1 unspecified atom stereocenters. The van der Waals surface area contributed by atoms with E-state index in [1.54, 1.807) is 0 Å². The first-order valence-electron chi connectivity index (χ1n) is 6.97. The van der Waals surface area contributed by atoms with Crippen LogP contribution in [-0.2, 0) is 6.42 Å². The molecule has 2 nitrogen and oxygen atoms in total. The van der Waals surface area contributed by atoms with Crippen molar-refractivity contribution >= 4 is 11.3 Å². The van der Waals surface area contributed by atoms with E-state index in [1.165, 1.54) is 22.4 Å². The monoisotopic (exact) mass is 274 g/mol. The summed E-state index contributed by atoms with van der Waals surface area (Å²) < 4.78 is 0. The molecule has 0 aromatic carbocycles. The molecule has 1 N–H and O–H groups in total. The molecule has 0 amide bonds. The summed E-state index contributed by atoms with van der Waals surface area (Å²) in [6.07, 6.45) is 7.17. The first-order valence-corrected chi connectivity index (χ1v) is 7.85. The van der Waals surface area contributed by atoms with Gasteiger partial charge in [0.05, 0.1) is 0 Å². The molecule has 0 radical (unpaired) electrons. The molecule has 1 atom stereocenters. The number of hydrogen-bond donors (Lipinski definition) is 1. The average Bonchev–Trinajstić information content (AvgIpc) is 2.86. The van der Waals surface area contributed by atoms with Crippen LogP contribution in [0.1, 0.15) is 41.8 Å². The van der Waals surface area contributed by atoms with Gasteiger partial charge in [0.25, 0.3) is 0 Å². The molecule has 2 heterocycles. The van der Waals surface area contributed by atoms with Crippen LogP contribution in [0, 0.1) is 6.92 Å². The Kier molecular flexibility index (Phi) is 5.55. The lowest BCUT2D eigenvalue weighted by molar-refractivity contribution is 0.504. The number of thiophene rings is 1. The molecule has 0 spiro atoms. The number of aromatic nitrogens is 1. The molecule has 0 aliphatic heterocycles. The highest BCUT2D eigenvalue weighted by Gasteiger charge is 2.14. The minimum absolute atomic E-state index is 0.480. The lowest BCUT2D eigenvalue weighted by atomic mass is 10.0. The highest BCUT2D eigenvalue weighted by atomic mass is 32.1. The first kappa shape index (κ1) is 14.2. The van der Waals surface area contributed by atoms with Gasteiger partial charge in [-0.05, 0) is 67.4 Å². The van der Waals surface area contributed by atoms with E-state index in [0.717, 1.165) is 19.4 Å². The van der Waals surface area contributed by atoms with Gasteiger partial charge in [-0.15, -0.1) is 11.3 Å². The highest BCUT2D eigenvalue weighted by molar-refractivity contribution is 7.10. The van der Waals surface area contributed by atoms with Gasteiger partial charge in [0.2, 0.25) is 0 Å². The summed E-state index contributed by atoms with van der Waals surface area (Å²) in [5.41, 5.74) is 2.78. The van der Waals surface area contributed by atoms with Gasteiger partial charge in [-0.2, -0.15) is 0 Å². The van der Waals surface area contributed by atoms with E-state index in [1.807, 2.05) is 23.7 Å². The molecular formula is C16H22N2S. The molecule has 0 saturated carbocycles. The van der Waals surface area contributed by atoms with Crippen molar-refractivity contribution in [2.45, 2.75) is 39.2 Å². The van der Waals surface area contributed by atoms with E-state index >= 15 is 0 Å². The van der Waals surface area contributed by atoms with Gasteiger partial charge < -0.3 is 5.32 Å². The lowest BCUT2D eigenvalue weighted by Gasteiger charge is -2.18. The maximum absolute atomic E-state index is 4.07. The van der Waals surface area contributed by atoms with Crippen LogP contribution in [0.15, 0.2) is 36.0 Å². The molecule has 2 aromatic heterocycles. The topological polar surface area (TPSA) is 24.9 Å². The number of aryl methyl sites for hydroxylation is 2. The van der Waals surface area contributed by atoms with E-state index in [9.17, 15) is 0 Å². The smallest absolute Gasteiger partial charge is 0.0420 e. The fourth-order valence-electron chi connectivity index (χ4n) is 2.25. The van der Waals surface area contributed by atoms with Crippen molar-refractivity contribution in [3.8, 4) is 0 Å². The third kappa shape index (κ3) is 4.15. The fraction of sp³-hybridized carbons (Fsp3) is 0.438. The summed E-state index contributed by atoms with van der Waals surface area (Å²) in [4.78, 5) is 5.56. The van der Waals surface area contributed by atoms with Gasteiger partial charge in [-0.25, -0.2) is 0 Å². The molecule has 102 valence electrons. The van der Waals surface area contributed by atoms with Crippen molar-refractivity contribution in [1.29, 1.82) is 0 Å². The Bertz CT molecular complexity index is 479. The Balaban J connectivity index is 2.00. The zero-order valence-electron chi connectivity index (χ0n) is 11.7. The second kappa shape index (κ2) is 7.41. The van der Waals surface area contributed by atoms with Crippen LogP contribution >= 0.6 is 11.3 Å². The maximum atomic E-state index is 4.07. The normalized spacial score (nSPS) is 12.5. The van der Waals surface area contributed by atoms with Gasteiger partial charge in [0.15, 0.2) is 0 Å². The van der Waals surface area contributed by atoms with Gasteiger partial charge in [-0.3, -0.25) is 4.98 Å². The second-order valence-electron chi connectivity index (χ2n) is 4.87. The van der Waals surface area contributed by atoms with E-state index in [4.69, 9.17) is 0 Å². The van der Waals surface area contributed by atoms with Crippen molar-refractivity contribution in [2.75, 3.05) is 6.54 Å². The third-order valence-corrected chi connectivity index (χ3v) is 4.46. The number of nitrogens with zero attached hydrogens (tertiary/aromatic N) is 1. The molecule has 0 saturated heterocycles. The Labute approximate surface area is 119 Å². The van der Waals surface area contributed by atoms with Gasteiger partial charge in [-0.1, -0.05) is 6.92 Å². The molecule has 2 aromatic rings. The van der Waals surface area contributed by atoms with Crippen LogP contribution in [0.5, 0.6) is 0 Å². The van der Waals surface area contributed by atoms with Crippen LogP contribution in [0.2, 0.25) is 0 Å². The summed E-state index contributed by atoms with van der Waals surface area (Å²) in [6.45, 7) is 5.51. The number of nitrogens with one attached hydrogen (secondary N) is 1. The summed E-state index contributed by atoms with van der Waals surface area (Å²) >= 11 is 1.87. The van der Waals surface area contributed by atoms with Crippen LogP contribution in [0.25, 0.3) is 0 Å². The minimum Gasteiger partial charge on any atom is -0.309 e. The van der Waals surface area contributed by atoms with Gasteiger partial charge in [0.1, 0.15) is 0 Å². The van der Waals surface area contributed by atoms with Crippen LogP contribution in [-0.4, -0.2) is 11.5 Å². The van der Waals surface area contributed by atoms with Crippen LogP contribution in [0.3, 0.4) is 0 Å². The molecule has 3 heteroatoms. The highest BCUT2D eigenvalue weighted by Crippen LogP contribution is 2.27.